The molecule has 0 atom stereocenters. The molecule has 0 aliphatic heterocycles. The van der Waals surface area contributed by atoms with Crippen molar-refractivity contribution in [2.75, 3.05) is 0 Å². The fourth-order valence-corrected chi connectivity index (χ4v) is 2.69. The van der Waals surface area contributed by atoms with E-state index in [1.165, 1.54) is 0 Å². The van der Waals surface area contributed by atoms with Gasteiger partial charge in [0.2, 0.25) is 0 Å². The molecular formula is C14H9N5S. The third kappa shape index (κ3) is 1.78. The zero-order valence-electron chi connectivity index (χ0n) is 10.3. The Morgan fingerprint density at radius 3 is 2.85 bits per heavy atom. The second-order valence-corrected chi connectivity index (χ2v) is 5.01. The first-order valence-corrected chi connectivity index (χ1v) is 7.01. The van der Waals surface area contributed by atoms with Crippen LogP contribution in [-0.4, -0.2) is 24.6 Å². The van der Waals surface area contributed by atoms with E-state index in [1.807, 2.05) is 23.6 Å². The predicted octanol–water partition coefficient (Wildman–Crippen LogP) is 2.91. The molecule has 0 fully saturated rings. The van der Waals surface area contributed by atoms with Crippen LogP contribution >= 0.6 is 11.3 Å². The summed E-state index contributed by atoms with van der Waals surface area (Å²) in [6, 6.07) is 7.81. The van der Waals surface area contributed by atoms with Crippen LogP contribution in [0.25, 0.3) is 28.4 Å². The zero-order valence-corrected chi connectivity index (χ0v) is 11.2. The Morgan fingerprint density at radius 2 is 2.05 bits per heavy atom. The Kier molecular flexibility index (Phi) is 2.53. The molecule has 4 heterocycles. The average molecular weight is 279 g/mol. The molecule has 0 bridgehead atoms. The summed E-state index contributed by atoms with van der Waals surface area (Å²) in [6.45, 7) is 0. The summed E-state index contributed by atoms with van der Waals surface area (Å²) < 4.78 is 1.77. The van der Waals surface area contributed by atoms with E-state index in [1.54, 1.807) is 34.4 Å². The van der Waals surface area contributed by atoms with Gasteiger partial charge in [0.25, 0.3) is 5.78 Å². The Morgan fingerprint density at radius 1 is 1.05 bits per heavy atom. The van der Waals surface area contributed by atoms with E-state index in [4.69, 9.17) is 0 Å². The largest absolute Gasteiger partial charge is 0.264 e. The first kappa shape index (κ1) is 11.2. The Bertz CT molecular complexity index is 852. The number of pyridine rings is 1. The molecule has 0 aromatic carbocycles. The lowest BCUT2D eigenvalue weighted by molar-refractivity contribution is 0.951. The summed E-state index contributed by atoms with van der Waals surface area (Å²) in [4.78, 5) is 12.8. The Labute approximate surface area is 118 Å². The fourth-order valence-electron chi connectivity index (χ4n) is 2.04. The number of rotatable bonds is 2. The second-order valence-electron chi connectivity index (χ2n) is 4.23. The van der Waals surface area contributed by atoms with Gasteiger partial charge in [0.05, 0.1) is 5.69 Å². The molecule has 20 heavy (non-hydrogen) atoms. The van der Waals surface area contributed by atoms with E-state index >= 15 is 0 Å². The van der Waals surface area contributed by atoms with Crippen molar-refractivity contribution in [3.05, 3.63) is 53.6 Å². The minimum atomic E-state index is 0.590. The van der Waals surface area contributed by atoms with Gasteiger partial charge in [-0.3, -0.25) is 4.98 Å². The van der Waals surface area contributed by atoms with Gasteiger partial charge < -0.3 is 0 Å². The number of fused-ring (bicyclic) bond motifs is 1. The third-order valence-electron chi connectivity index (χ3n) is 2.98. The second kappa shape index (κ2) is 4.50. The van der Waals surface area contributed by atoms with Crippen LogP contribution in [0.4, 0.5) is 0 Å². The monoisotopic (exact) mass is 279 g/mol. The molecule has 0 radical (unpaired) electrons. The normalized spacial score (nSPS) is 11.0. The van der Waals surface area contributed by atoms with Crippen molar-refractivity contribution in [1.82, 2.24) is 24.6 Å². The van der Waals surface area contributed by atoms with Crippen molar-refractivity contribution < 1.29 is 0 Å². The van der Waals surface area contributed by atoms with Gasteiger partial charge >= 0.3 is 0 Å². The summed E-state index contributed by atoms with van der Waals surface area (Å²) in [5.41, 5.74) is 2.98. The van der Waals surface area contributed by atoms with Crippen LogP contribution in [0.1, 0.15) is 0 Å². The first-order valence-electron chi connectivity index (χ1n) is 6.06. The van der Waals surface area contributed by atoms with E-state index in [0.29, 0.717) is 11.6 Å². The topological polar surface area (TPSA) is 56.0 Å². The van der Waals surface area contributed by atoms with E-state index < -0.39 is 0 Å². The van der Waals surface area contributed by atoms with Crippen molar-refractivity contribution in [1.29, 1.82) is 0 Å². The molecule has 4 rings (SSSR count). The first-order chi connectivity index (χ1) is 9.92. The highest BCUT2D eigenvalue weighted by Gasteiger charge is 2.11. The average Bonchev–Trinajstić information content (AvgIpc) is 3.17. The highest BCUT2D eigenvalue weighted by Crippen LogP contribution is 2.23. The lowest BCUT2D eigenvalue weighted by Gasteiger charge is -1.99. The number of aromatic nitrogens is 5. The van der Waals surface area contributed by atoms with Gasteiger partial charge in [0, 0.05) is 35.1 Å². The van der Waals surface area contributed by atoms with Crippen molar-refractivity contribution in [2.45, 2.75) is 0 Å². The molecule has 0 aliphatic rings. The van der Waals surface area contributed by atoms with Crippen molar-refractivity contribution >= 4 is 17.1 Å². The van der Waals surface area contributed by atoms with E-state index in [9.17, 15) is 0 Å². The smallest absolute Gasteiger partial charge is 0.253 e. The molecule has 6 heteroatoms. The molecule has 0 saturated carbocycles. The molecule has 0 unspecified atom stereocenters. The lowest BCUT2D eigenvalue weighted by atomic mass is 10.2. The third-order valence-corrected chi connectivity index (χ3v) is 3.66. The fraction of sp³-hybridized carbons (Fsp3) is 0. The van der Waals surface area contributed by atoms with Crippen LogP contribution in [0.2, 0.25) is 0 Å². The predicted molar refractivity (Wildman–Crippen MR) is 77.3 cm³/mol. The van der Waals surface area contributed by atoms with Crippen LogP contribution in [-0.2, 0) is 0 Å². The maximum Gasteiger partial charge on any atom is 0.253 e. The number of hydrogen-bond donors (Lipinski definition) is 0. The van der Waals surface area contributed by atoms with Crippen molar-refractivity contribution in [2.24, 2.45) is 0 Å². The Hall–Kier alpha value is -2.60. The standard InChI is InChI=1S/C14H9N5S/c1-2-10(8-15-5-1)13-17-14-16-6-3-12(19(14)18-13)11-4-7-20-9-11/h1-9H. The molecule has 0 N–H and O–H groups in total. The van der Waals surface area contributed by atoms with Crippen LogP contribution in [0, 0.1) is 0 Å². The number of nitrogens with zero attached hydrogens (tertiary/aromatic N) is 5. The van der Waals surface area contributed by atoms with Gasteiger partial charge in [-0.05, 0) is 29.6 Å². The molecule has 4 aromatic heterocycles. The number of thiophene rings is 1. The summed E-state index contributed by atoms with van der Waals surface area (Å²) in [6.07, 6.45) is 5.23. The molecule has 0 amide bonds. The molecule has 96 valence electrons. The van der Waals surface area contributed by atoms with Crippen LogP contribution in [0.5, 0.6) is 0 Å². The summed E-state index contributed by atoms with van der Waals surface area (Å²) in [5, 5.41) is 8.67. The van der Waals surface area contributed by atoms with Gasteiger partial charge in [-0.2, -0.15) is 20.8 Å². The Balaban J connectivity index is 1.94. The minimum Gasteiger partial charge on any atom is -0.264 e. The summed E-state index contributed by atoms with van der Waals surface area (Å²) in [5.74, 6) is 1.22. The quantitative estimate of drug-likeness (QED) is 0.566. The highest BCUT2D eigenvalue weighted by atomic mass is 32.1. The SMILES string of the molecule is c1cncc(-c2nc3nccc(-c4ccsc4)n3n2)c1. The van der Waals surface area contributed by atoms with Gasteiger partial charge in [0.15, 0.2) is 5.82 Å². The van der Waals surface area contributed by atoms with Gasteiger partial charge in [-0.15, -0.1) is 5.10 Å². The van der Waals surface area contributed by atoms with Crippen LogP contribution in [0.3, 0.4) is 0 Å². The lowest BCUT2D eigenvalue weighted by Crippen LogP contribution is -1.94. The van der Waals surface area contributed by atoms with Gasteiger partial charge in [0.1, 0.15) is 0 Å². The maximum atomic E-state index is 4.55. The van der Waals surface area contributed by atoms with Crippen molar-refractivity contribution in [3.63, 3.8) is 0 Å². The number of hydrogen-bond acceptors (Lipinski definition) is 5. The molecular weight excluding hydrogens is 270 g/mol. The van der Waals surface area contributed by atoms with Crippen LogP contribution in [0.15, 0.2) is 53.6 Å². The van der Waals surface area contributed by atoms with Crippen molar-refractivity contribution in [3.8, 4) is 22.6 Å². The molecule has 4 aromatic rings. The van der Waals surface area contributed by atoms with E-state index in [0.717, 1.165) is 16.8 Å². The summed E-state index contributed by atoms with van der Waals surface area (Å²) in [7, 11) is 0. The maximum absolute atomic E-state index is 4.55. The van der Waals surface area contributed by atoms with Crippen LogP contribution < -0.4 is 0 Å². The van der Waals surface area contributed by atoms with E-state index in [-0.39, 0.29) is 0 Å². The molecule has 0 spiro atoms. The van der Waals surface area contributed by atoms with Gasteiger partial charge in [-0.1, -0.05) is 0 Å². The summed E-state index contributed by atoms with van der Waals surface area (Å²) >= 11 is 1.65. The van der Waals surface area contributed by atoms with E-state index in [2.05, 4.69) is 31.5 Å². The highest BCUT2D eigenvalue weighted by molar-refractivity contribution is 7.08. The minimum absolute atomic E-state index is 0.590. The molecule has 0 aliphatic carbocycles. The molecule has 0 saturated heterocycles. The van der Waals surface area contributed by atoms with Gasteiger partial charge in [-0.25, -0.2) is 4.98 Å². The zero-order chi connectivity index (χ0) is 13.4. The molecule has 5 nitrogen and oxygen atoms in total.